The van der Waals surface area contributed by atoms with Crippen molar-refractivity contribution in [2.24, 2.45) is 5.92 Å². The zero-order valence-electron chi connectivity index (χ0n) is 12.7. The van der Waals surface area contributed by atoms with E-state index in [-0.39, 0.29) is 0 Å². The normalized spacial score (nSPS) is 30.6. The highest BCUT2D eigenvalue weighted by Gasteiger charge is 2.21. The van der Waals surface area contributed by atoms with Gasteiger partial charge in [0.05, 0.1) is 0 Å². The predicted octanol–water partition coefficient (Wildman–Crippen LogP) is 3.43. The number of nitrogens with one attached hydrogen (secondary N) is 2. The Morgan fingerprint density at radius 3 is 3.00 bits per heavy atom. The van der Waals surface area contributed by atoms with Gasteiger partial charge in [0.2, 0.25) is 0 Å². The Hall–Kier alpha value is -0.860. The molecule has 1 aromatic carbocycles. The third-order valence-electron chi connectivity index (χ3n) is 5.11. The lowest BCUT2D eigenvalue weighted by atomic mass is 9.90. The van der Waals surface area contributed by atoms with Gasteiger partial charge < -0.3 is 10.6 Å². The maximum atomic E-state index is 3.85. The van der Waals surface area contributed by atoms with Crippen LogP contribution in [0.5, 0.6) is 0 Å². The van der Waals surface area contributed by atoms with Crippen molar-refractivity contribution in [1.82, 2.24) is 10.6 Å². The molecule has 0 amide bonds. The summed E-state index contributed by atoms with van der Waals surface area (Å²) in [5.74, 6) is 1.57. The van der Waals surface area contributed by atoms with Crippen LogP contribution in [0, 0.1) is 5.92 Å². The first-order valence-corrected chi connectivity index (χ1v) is 8.35. The van der Waals surface area contributed by atoms with Crippen LogP contribution in [0.1, 0.15) is 56.1 Å². The van der Waals surface area contributed by atoms with Gasteiger partial charge in [-0.05, 0) is 36.3 Å². The van der Waals surface area contributed by atoms with Crippen LogP contribution >= 0.6 is 0 Å². The van der Waals surface area contributed by atoms with Crippen molar-refractivity contribution in [3.05, 3.63) is 35.4 Å². The number of hydrogen-bond acceptors (Lipinski definition) is 2. The molecular formula is C18H28N2. The largest absolute Gasteiger partial charge is 0.313 e. The molecule has 0 spiro atoms. The molecule has 3 atom stereocenters. The van der Waals surface area contributed by atoms with Gasteiger partial charge in [-0.25, -0.2) is 0 Å². The van der Waals surface area contributed by atoms with Gasteiger partial charge in [-0.15, -0.1) is 0 Å². The fraction of sp³-hybridized carbons (Fsp3) is 0.667. The van der Waals surface area contributed by atoms with Crippen molar-refractivity contribution < 1.29 is 0 Å². The fourth-order valence-corrected chi connectivity index (χ4v) is 3.77. The Labute approximate surface area is 123 Å². The van der Waals surface area contributed by atoms with Gasteiger partial charge in [0.25, 0.3) is 0 Å². The van der Waals surface area contributed by atoms with Crippen molar-refractivity contribution in [1.29, 1.82) is 0 Å². The third kappa shape index (κ3) is 3.42. The minimum atomic E-state index is 0.639. The molecule has 2 aliphatic rings. The van der Waals surface area contributed by atoms with Gasteiger partial charge >= 0.3 is 0 Å². The molecule has 0 aromatic heterocycles. The van der Waals surface area contributed by atoms with E-state index in [1.807, 2.05) is 0 Å². The first-order valence-electron chi connectivity index (χ1n) is 8.35. The summed E-state index contributed by atoms with van der Waals surface area (Å²) in [4.78, 5) is 0. The van der Waals surface area contributed by atoms with Gasteiger partial charge in [0.15, 0.2) is 0 Å². The van der Waals surface area contributed by atoms with Crippen molar-refractivity contribution >= 4 is 0 Å². The first-order chi connectivity index (χ1) is 9.83. The van der Waals surface area contributed by atoms with E-state index in [4.69, 9.17) is 0 Å². The average Bonchev–Trinajstić information content (AvgIpc) is 2.70. The first kappa shape index (κ1) is 14.1. The number of fused-ring (bicyclic) bond motifs is 1. The van der Waals surface area contributed by atoms with E-state index in [1.165, 1.54) is 37.7 Å². The fourth-order valence-electron chi connectivity index (χ4n) is 3.77. The summed E-state index contributed by atoms with van der Waals surface area (Å²) in [6, 6.07) is 9.67. The molecule has 1 aliphatic carbocycles. The Kier molecular flexibility index (Phi) is 4.74. The Morgan fingerprint density at radius 2 is 2.05 bits per heavy atom. The molecule has 3 rings (SSSR count). The summed E-state index contributed by atoms with van der Waals surface area (Å²) in [5, 5.41) is 7.41. The highest BCUT2D eigenvalue weighted by molar-refractivity contribution is 5.32. The molecule has 110 valence electrons. The summed E-state index contributed by atoms with van der Waals surface area (Å²) < 4.78 is 0. The van der Waals surface area contributed by atoms with E-state index in [1.54, 1.807) is 5.56 Å². The van der Waals surface area contributed by atoms with E-state index < -0.39 is 0 Å². The molecule has 0 radical (unpaired) electrons. The molecule has 20 heavy (non-hydrogen) atoms. The van der Waals surface area contributed by atoms with Gasteiger partial charge in [0, 0.05) is 31.6 Å². The van der Waals surface area contributed by atoms with Crippen LogP contribution in [0.2, 0.25) is 0 Å². The van der Waals surface area contributed by atoms with Gasteiger partial charge in [-0.3, -0.25) is 0 Å². The van der Waals surface area contributed by atoms with E-state index in [0.717, 1.165) is 31.6 Å². The highest BCUT2D eigenvalue weighted by Crippen LogP contribution is 2.25. The van der Waals surface area contributed by atoms with Crippen molar-refractivity contribution in [3.63, 3.8) is 0 Å². The Morgan fingerprint density at radius 1 is 1.15 bits per heavy atom. The second-order valence-electron chi connectivity index (χ2n) is 6.75. The van der Waals surface area contributed by atoms with Crippen molar-refractivity contribution in [2.75, 3.05) is 13.1 Å². The quantitative estimate of drug-likeness (QED) is 0.824. The molecule has 0 bridgehead atoms. The smallest absolute Gasteiger partial charge is 0.0208 e. The van der Waals surface area contributed by atoms with Gasteiger partial charge in [-0.1, -0.05) is 44.0 Å². The summed E-state index contributed by atoms with van der Waals surface area (Å²) in [6.07, 6.45) is 6.95. The van der Waals surface area contributed by atoms with Crippen LogP contribution in [0.25, 0.3) is 0 Å². The van der Waals surface area contributed by atoms with Crippen LogP contribution in [0.3, 0.4) is 0 Å². The molecule has 2 N–H and O–H groups in total. The monoisotopic (exact) mass is 272 g/mol. The topological polar surface area (TPSA) is 24.1 Å². The molecule has 2 heteroatoms. The second kappa shape index (κ2) is 6.73. The maximum Gasteiger partial charge on any atom is 0.0208 e. The molecule has 2 nitrogen and oxygen atoms in total. The highest BCUT2D eigenvalue weighted by atomic mass is 14.9. The Bertz CT molecular complexity index is 429. The Balaban J connectivity index is 1.56. The summed E-state index contributed by atoms with van der Waals surface area (Å²) >= 11 is 0. The lowest BCUT2D eigenvalue weighted by molar-refractivity contribution is 0.415. The lowest BCUT2D eigenvalue weighted by Gasteiger charge is -2.28. The van der Waals surface area contributed by atoms with Crippen molar-refractivity contribution in [2.45, 2.75) is 57.5 Å². The van der Waals surface area contributed by atoms with Gasteiger partial charge in [-0.2, -0.15) is 0 Å². The van der Waals surface area contributed by atoms with E-state index in [0.29, 0.717) is 5.92 Å². The molecule has 1 heterocycles. The summed E-state index contributed by atoms with van der Waals surface area (Å²) in [7, 11) is 0. The zero-order valence-corrected chi connectivity index (χ0v) is 12.7. The number of hydrogen-bond donors (Lipinski definition) is 2. The van der Waals surface area contributed by atoms with Crippen LogP contribution < -0.4 is 10.6 Å². The van der Waals surface area contributed by atoms with Crippen LogP contribution in [-0.2, 0) is 6.54 Å². The van der Waals surface area contributed by atoms with E-state index in [9.17, 15) is 0 Å². The minimum absolute atomic E-state index is 0.639. The SMILES string of the molecule is CC1CCCC(NCC2CNCc3ccccc32)CC1. The number of rotatable bonds is 3. The van der Waals surface area contributed by atoms with Gasteiger partial charge in [0.1, 0.15) is 0 Å². The molecule has 1 aromatic rings. The maximum absolute atomic E-state index is 3.85. The molecule has 0 saturated heterocycles. The van der Waals surface area contributed by atoms with Crippen molar-refractivity contribution in [3.8, 4) is 0 Å². The minimum Gasteiger partial charge on any atom is -0.313 e. The van der Waals surface area contributed by atoms with Crippen LogP contribution in [0.4, 0.5) is 0 Å². The zero-order chi connectivity index (χ0) is 13.8. The average molecular weight is 272 g/mol. The predicted molar refractivity (Wildman–Crippen MR) is 84.9 cm³/mol. The summed E-state index contributed by atoms with van der Waals surface area (Å²) in [6.45, 7) is 5.69. The van der Waals surface area contributed by atoms with E-state index >= 15 is 0 Å². The third-order valence-corrected chi connectivity index (χ3v) is 5.11. The number of benzene rings is 1. The molecule has 3 unspecified atom stereocenters. The lowest BCUT2D eigenvalue weighted by Crippen LogP contribution is -2.38. The molecule has 1 fully saturated rings. The molecule has 1 aliphatic heterocycles. The second-order valence-corrected chi connectivity index (χ2v) is 6.75. The van der Waals surface area contributed by atoms with E-state index in [2.05, 4.69) is 41.8 Å². The van der Waals surface area contributed by atoms with Crippen LogP contribution in [0.15, 0.2) is 24.3 Å². The van der Waals surface area contributed by atoms with Crippen LogP contribution in [-0.4, -0.2) is 19.1 Å². The standard InChI is InChI=1S/C18H28N2/c1-14-5-4-7-17(10-9-14)20-13-16-12-19-11-15-6-2-3-8-18(15)16/h2-3,6,8,14,16-17,19-20H,4-5,7,9-13H2,1H3. The molecular weight excluding hydrogens is 244 g/mol. The molecule has 1 saturated carbocycles. The summed E-state index contributed by atoms with van der Waals surface area (Å²) in [5.41, 5.74) is 3.04.